The maximum absolute atomic E-state index is 12.1. The van der Waals surface area contributed by atoms with Gasteiger partial charge in [0.05, 0.1) is 6.10 Å². The third kappa shape index (κ3) is 4.58. The molecule has 1 fully saturated rings. The highest BCUT2D eigenvalue weighted by Crippen LogP contribution is 2.15. The number of carbonyl (C=O) groups excluding carboxylic acids is 1. The number of Topliss-reactive ketones (excluding diaryl/α,β-unsaturated/α-hetero) is 1. The van der Waals surface area contributed by atoms with Gasteiger partial charge in [0.15, 0.2) is 5.78 Å². The molecular formula is C16H22ClNO2. The van der Waals surface area contributed by atoms with Gasteiger partial charge in [-0.05, 0) is 31.5 Å². The summed E-state index contributed by atoms with van der Waals surface area (Å²) in [7, 11) is 0. The average molecular weight is 296 g/mol. The van der Waals surface area contributed by atoms with Crippen LogP contribution in [0.3, 0.4) is 0 Å². The molecule has 1 heterocycles. The van der Waals surface area contributed by atoms with E-state index in [1.807, 2.05) is 12.1 Å². The molecule has 0 spiro atoms. The molecule has 0 amide bonds. The van der Waals surface area contributed by atoms with Crippen LogP contribution < -0.4 is 0 Å². The average Bonchev–Trinajstić information content (AvgIpc) is 2.96. The lowest BCUT2D eigenvalue weighted by molar-refractivity contribution is 0.0720. The largest absolute Gasteiger partial charge is 0.377 e. The lowest BCUT2D eigenvalue weighted by atomic mass is 10.1. The Labute approximate surface area is 125 Å². The van der Waals surface area contributed by atoms with E-state index in [0.717, 1.165) is 39.1 Å². The number of halogens is 1. The van der Waals surface area contributed by atoms with Crippen LogP contribution >= 0.6 is 11.6 Å². The summed E-state index contributed by atoms with van der Waals surface area (Å²) in [6.07, 6.45) is 3.17. The fourth-order valence-corrected chi connectivity index (χ4v) is 2.71. The fourth-order valence-electron chi connectivity index (χ4n) is 2.52. The van der Waals surface area contributed by atoms with Gasteiger partial charge >= 0.3 is 0 Å². The number of ether oxygens (including phenoxy) is 1. The van der Waals surface area contributed by atoms with Gasteiger partial charge in [0.1, 0.15) is 0 Å². The maximum Gasteiger partial charge on any atom is 0.164 e. The van der Waals surface area contributed by atoms with Crippen molar-refractivity contribution in [2.75, 3.05) is 26.2 Å². The first-order valence-corrected chi connectivity index (χ1v) is 7.69. The summed E-state index contributed by atoms with van der Waals surface area (Å²) < 4.78 is 5.65. The van der Waals surface area contributed by atoms with Crippen molar-refractivity contribution < 1.29 is 9.53 Å². The molecule has 1 saturated heterocycles. The Morgan fingerprint density at radius 2 is 2.35 bits per heavy atom. The van der Waals surface area contributed by atoms with Crippen LogP contribution in [-0.2, 0) is 4.74 Å². The normalized spacial score (nSPS) is 18.6. The van der Waals surface area contributed by atoms with Gasteiger partial charge in [-0.3, -0.25) is 4.79 Å². The third-order valence-corrected chi connectivity index (χ3v) is 3.97. The highest BCUT2D eigenvalue weighted by molar-refractivity contribution is 6.31. The Hall–Kier alpha value is -0.900. The van der Waals surface area contributed by atoms with Gasteiger partial charge in [-0.15, -0.1) is 0 Å². The number of likely N-dealkylation sites (N-methyl/N-ethyl adjacent to an activating group) is 1. The van der Waals surface area contributed by atoms with E-state index in [2.05, 4.69) is 11.8 Å². The predicted molar refractivity (Wildman–Crippen MR) is 81.5 cm³/mol. The number of benzene rings is 1. The molecule has 1 aromatic rings. The van der Waals surface area contributed by atoms with E-state index in [4.69, 9.17) is 16.3 Å². The summed E-state index contributed by atoms with van der Waals surface area (Å²) in [4.78, 5) is 14.4. The summed E-state index contributed by atoms with van der Waals surface area (Å²) in [5.74, 6) is 0.151. The molecule has 110 valence electrons. The Balaban J connectivity index is 1.81. The summed E-state index contributed by atoms with van der Waals surface area (Å²) in [5.41, 5.74) is 0.700. The van der Waals surface area contributed by atoms with Gasteiger partial charge in [0.2, 0.25) is 0 Å². The van der Waals surface area contributed by atoms with Crippen LogP contribution in [0.15, 0.2) is 24.3 Å². The van der Waals surface area contributed by atoms with E-state index in [9.17, 15) is 4.79 Å². The molecule has 1 aromatic carbocycles. The number of nitrogens with zero attached hydrogens (tertiary/aromatic N) is 1. The zero-order chi connectivity index (χ0) is 14.4. The summed E-state index contributed by atoms with van der Waals surface area (Å²) in [6, 6.07) is 7.17. The molecule has 0 saturated carbocycles. The molecule has 20 heavy (non-hydrogen) atoms. The number of hydrogen-bond donors (Lipinski definition) is 0. The van der Waals surface area contributed by atoms with Crippen molar-refractivity contribution in [3.63, 3.8) is 0 Å². The molecule has 1 unspecified atom stereocenters. The van der Waals surface area contributed by atoms with Gasteiger partial charge in [-0.25, -0.2) is 0 Å². The van der Waals surface area contributed by atoms with Crippen molar-refractivity contribution in [3.8, 4) is 0 Å². The van der Waals surface area contributed by atoms with Crippen LogP contribution in [0.25, 0.3) is 0 Å². The van der Waals surface area contributed by atoms with Gasteiger partial charge in [-0.2, -0.15) is 0 Å². The number of hydrogen-bond acceptors (Lipinski definition) is 3. The summed E-state index contributed by atoms with van der Waals surface area (Å²) >= 11 is 5.91. The topological polar surface area (TPSA) is 29.5 Å². The monoisotopic (exact) mass is 295 g/mol. The predicted octanol–water partition coefficient (Wildman–Crippen LogP) is 3.41. The minimum atomic E-state index is 0.151. The minimum absolute atomic E-state index is 0.151. The number of rotatable bonds is 7. The standard InChI is InChI=1S/C16H22ClNO2/c1-2-18(12-15-7-4-10-20-15)9-8-16(19)13-5-3-6-14(17)11-13/h3,5-6,11,15H,2,4,7-10,12H2,1H3. The molecule has 3 nitrogen and oxygen atoms in total. The van der Waals surface area contributed by atoms with E-state index in [1.165, 1.54) is 0 Å². The Morgan fingerprint density at radius 3 is 3.00 bits per heavy atom. The molecule has 1 atom stereocenters. The van der Waals surface area contributed by atoms with E-state index in [-0.39, 0.29) is 5.78 Å². The highest BCUT2D eigenvalue weighted by Gasteiger charge is 2.19. The SMILES string of the molecule is CCN(CCC(=O)c1cccc(Cl)c1)CC1CCCO1. The van der Waals surface area contributed by atoms with E-state index >= 15 is 0 Å². The Morgan fingerprint density at radius 1 is 1.50 bits per heavy atom. The van der Waals surface area contributed by atoms with Crippen LogP contribution in [0.1, 0.15) is 36.5 Å². The quantitative estimate of drug-likeness (QED) is 0.722. The molecule has 1 aliphatic rings. The number of ketones is 1. The van der Waals surface area contributed by atoms with Crippen molar-refractivity contribution in [3.05, 3.63) is 34.9 Å². The molecule has 0 aromatic heterocycles. The molecule has 0 bridgehead atoms. The third-order valence-electron chi connectivity index (χ3n) is 3.73. The number of carbonyl (C=O) groups is 1. The second kappa shape index (κ2) is 7.77. The van der Waals surface area contributed by atoms with Crippen molar-refractivity contribution in [2.45, 2.75) is 32.3 Å². The molecule has 4 heteroatoms. The van der Waals surface area contributed by atoms with Gasteiger partial charge in [0, 0.05) is 36.7 Å². The van der Waals surface area contributed by atoms with Crippen LogP contribution in [0.2, 0.25) is 5.02 Å². The van der Waals surface area contributed by atoms with Gasteiger partial charge < -0.3 is 9.64 Å². The molecule has 0 aliphatic carbocycles. The van der Waals surface area contributed by atoms with Crippen molar-refractivity contribution >= 4 is 17.4 Å². The second-order valence-corrected chi connectivity index (χ2v) is 5.65. The van der Waals surface area contributed by atoms with E-state index in [0.29, 0.717) is 23.1 Å². The van der Waals surface area contributed by atoms with Gasteiger partial charge in [0.25, 0.3) is 0 Å². The Kier molecular flexibility index (Phi) is 6.02. The van der Waals surface area contributed by atoms with Crippen LogP contribution in [0.4, 0.5) is 0 Å². The first-order valence-electron chi connectivity index (χ1n) is 7.31. The molecule has 2 rings (SSSR count). The Bertz CT molecular complexity index is 444. The molecule has 1 aliphatic heterocycles. The van der Waals surface area contributed by atoms with Crippen molar-refractivity contribution in [1.82, 2.24) is 4.90 Å². The lowest BCUT2D eigenvalue weighted by Crippen LogP contribution is -2.33. The van der Waals surface area contributed by atoms with Crippen molar-refractivity contribution in [1.29, 1.82) is 0 Å². The maximum atomic E-state index is 12.1. The van der Waals surface area contributed by atoms with Gasteiger partial charge in [-0.1, -0.05) is 30.7 Å². The first-order chi connectivity index (χ1) is 9.69. The smallest absolute Gasteiger partial charge is 0.164 e. The highest BCUT2D eigenvalue weighted by atomic mass is 35.5. The fraction of sp³-hybridized carbons (Fsp3) is 0.562. The summed E-state index contributed by atoms with van der Waals surface area (Å²) in [5, 5.41) is 0.613. The summed E-state index contributed by atoms with van der Waals surface area (Å²) in [6.45, 7) is 5.66. The molecule has 0 N–H and O–H groups in total. The molecule has 0 radical (unpaired) electrons. The van der Waals surface area contributed by atoms with Crippen LogP contribution in [0, 0.1) is 0 Å². The van der Waals surface area contributed by atoms with E-state index in [1.54, 1.807) is 12.1 Å². The van der Waals surface area contributed by atoms with Crippen LogP contribution in [-0.4, -0.2) is 43.0 Å². The van der Waals surface area contributed by atoms with Crippen molar-refractivity contribution in [2.24, 2.45) is 0 Å². The lowest BCUT2D eigenvalue weighted by Gasteiger charge is -2.23. The molecular weight excluding hydrogens is 274 g/mol. The zero-order valence-electron chi connectivity index (χ0n) is 12.0. The van der Waals surface area contributed by atoms with E-state index < -0.39 is 0 Å². The first kappa shape index (κ1) is 15.5. The zero-order valence-corrected chi connectivity index (χ0v) is 12.7. The second-order valence-electron chi connectivity index (χ2n) is 5.21. The minimum Gasteiger partial charge on any atom is -0.377 e. The van der Waals surface area contributed by atoms with Crippen LogP contribution in [0.5, 0.6) is 0 Å².